The van der Waals surface area contributed by atoms with E-state index in [1.807, 2.05) is 60.7 Å². The third-order valence-corrected chi connectivity index (χ3v) is 4.17. The van der Waals surface area contributed by atoms with Gasteiger partial charge in [-0.15, -0.1) is 0 Å². The summed E-state index contributed by atoms with van der Waals surface area (Å²) >= 11 is 0. The third kappa shape index (κ3) is 5.33. The molecule has 0 saturated carbocycles. The van der Waals surface area contributed by atoms with Crippen LogP contribution in [-0.4, -0.2) is 42.8 Å². The van der Waals surface area contributed by atoms with Gasteiger partial charge in [-0.05, 0) is 31.9 Å². The molecule has 0 bridgehead atoms. The van der Waals surface area contributed by atoms with Gasteiger partial charge in [-0.1, -0.05) is 60.7 Å². The standard InChI is InChI=1S/C22H27NO4/c1-22(2,3)27-21(25)23(4)19(20(24)26-5)18(16-12-8-6-9-13-16)17-14-10-7-11-15-17/h6-15,18-19H,1-5H3. The van der Waals surface area contributed by atoms with Crippen LogP contribution in [0.15, 0.2) is 60.7 Å². The quantitative estimate of drug-likeness (QED) is 0.740. The molecule has 1 atom stereocenters. The van der Waals surface area contributed by atoms with Gasteiger partial charge >= 0.3 is 12.1 Å². The number of esters is 1. The van der Waals surface area contributed by atoms with E-state index < -0.39 is 29.6 Å². The Labute approximate surface area is 160 Å². The third-order valence-electron chi connectivity index (χ3n) is 4.17. The van der Waals surface area contributed by atoms with Crippen molar-refractivity contribution in [3.05, 3.63) is 71.8 Å². The molecule has 0 aliphatic rings. The van der Waals surface area contributed by atoms with Crippen LogP contribution in [0.1, 0.15) is 37.8 Å². The van der Waals surface area contributed by atoms with E-state index in [1.54, 1.807) is 27.8 Å². The van der Waals surface area contributed by atoms with Crippen molar-refractivity contribution < 1.29 is 19.1 Å². The molecule has 0 aliphatic carbocycles. The van der Waals surface area contributed by atoms with E-state index in [9.17, 15) is 9.59 Å². The van der Waals surface area contributed by atoms with Crippen LogP contribution in [0.3, 0.4) is 0 Å². The summed E-state index contributed by atoms with van der Waals surface area (Å²) in [5, 5.41) is 0. The predicted octanol–water partition coefficient (Wildman–Crippen LogP) is 4.23. The van der Waals surface area contributed by atoms with Gasteiger partial charge in [0.15, 0.2) is 0 Å². The number of likely N-dealkylation sites (N-methyl/N-ethyl adjacent to an activating group) is 1. The fraction of sp³-hybridized carbons (Fsp3) is 0.364. The second-order valence-electron chi connectivity index (χ2n) is 7.36. The Kier molecular flexibility index (Phi) is 6.61. The van der Waals surface area contributed by atoms with Gasteiger partial charge in [0, 0.05) is 13.0 Å². The number of nitrogens with zero attached hydrogens (tertiary/aromatic N) is 1. The Morgan fingerprint density at radius 3 is 1.70 bits per heavy atom. The summed E-state index contributed by atoms with van der Waals surface area (Å²) in [6.07, 6.45) is -0.574. The van der Waals surface area contributed by atoms with Crippen LogP contribution >= 0.6 is 0 Å². The molecule has 5 heteroatoms. The van der Waals surface area contributed by atoms with E-state index in [0.717, 1.165) is 11.1 Å². The molecular weight excluding hydrogens is 342 g/mol. The minimum absolute atomic E-state index is 0.391. The Morgan fingerprint density at radius 2 is 1.33 bits per heavy atom. The average Bonchev–Trinajstić information content (AvgIpc) is 2.65. The summed E-state index contributed by atoms with van der Waals surface area (Å²) < 4.78 is 10.5. The summed E-state index contributed by atoms with van der Waals surface area (Å²) in [4.78, 5) is 26.7. The molecule has 27 heavy (non-hydrogen) atoms. The monoisotopic (exact) mass is 369 g/mol. The smallest absolute Gasteiger partial charge is 0.410 e. The molecule has 0 N–H and O–H groups in total. The number of hydrogen-bond donors (Lipinski definition) is 0. The first-order chi connectivity index (χ1) is 12.7. The van der Waals surface area contributed by atoms with Gasteiger partial charge in [0.1, 0.15) is 11.6 Å². The maximum atomic E-state index is 12.7. The van der Waals surface area contributed by atoms with Crippen LogP contribution in [0.4, 0.5) is 4.79 Å². The van der Waals surface area contributed by atoms with Crippen LogP contribution in [0.25, 0.3) is 0 Å². The zero-order valence-corrected chi connectivity index (χ0v) is 16.5. The van der Waals surface area contributed by atoms with Crippen molar-refractivity contribution in [3.63, 3.8) is 0 Å². The minimum atomic E-state index is -0.866. The second kappa shape index (κ2) is 8.71. The highest BCUT2D eigenvalue weighted by atomic mass is 16.6. The molecule has 0 radical (unpaired) electrons. The molecule has 0 heterocycles. The Bertz CT molecular complexity index is 713. The molecule has 2 rings (SSSR count). The maximum Gasteiger partial charge on any atom is 0.410 e. The molecule has 144 valence electrons. The second-order valence-corrected chi connectivity index (χ2v) is 7.36. The van der Waals surface area contributed by atoms with Crippen LogP contribution in [0.2, 0.25) is 0 Å². The number of ether oxygens (including phenoxy) is 2. The molecule has 0 fully saturated rings. The number of hydrogen-bond acceptors (Lipinski definition) is 4. The molecule has 0 saturated heterocycles. The summed E-state index contributed by atoms with van der Waals surface area (Å²) in [6.45, 7) is 5.37. The van der Waals surface area contributed by atoms with Crippen molar-refractivity contribution in [2.75, 3.05) is 14.2 Å². The highest BCUT2D eigenvalue weighted by Gasteiger charge is 2.38. The highest BCUT2D eigenvalue weighted by Crippen LogP contribution is 2.32. The summed E-state index contributed by atoms with van der Waals surface area (Å²) in [5.74, 6) is -0.890. The van der Waals surface area contributed by atoms with Gasteiger partial charge in [-0.25, -0.2) is 9.59 Å². The molecule has 2 aromatic rings. The fourth-order valence-corrected chi connectivity index (χ4v) is 2.96. The number of rotatable bonds is 5. The van der Waals surface area contributed by atoms with Crippen molar-refractivity contribution in [2.45, 2.75) is 38.3 Å². The first kappa shape index (κ1) is 20.5. The molecule has 2 aromatic carbocycles. The Hall–Kier alpha value is -2.82. The minimum Gasteiger partial charge on any atom is -0.467 e. The van der Waals surface area contributed by atoms with Gasteiger partial charge in [-0.3, -0.25) is 4.90 Å². The van der Waals surface area contributed by atoms with Crippen molar-refractivity contribution >= 4 is 12.1 Å². The lowest BCUT2D eigenvalue weighted by Gasteiger charge is -2.34. The fourth-order valence-electron chi connectivity index (χ4n) is 2.96. The zero-order chi connectivity index (χ0) is 20.0. The van der Waals surface area contributed by atoms with E-state index in [-0.39, 0.29) is 0 Å². The van der Waals surface area contributed by atoms with Crippen LogP contribution in [-0.2, 0) is 14.3 Å². The topological polar surface area (TPSA) is 55.8 Å². The van der Waals surface area contributed by atoms with Crippen LogP contribution in [0, 0.1) is 0 Å². The zero-order valence-electron chi connectivity index (χ0n) is 16.5. The summed E-state index contributed by atoms with van der Waals surface area (Å²) in [6, 6.07) is 18.4. The van der Waals surface area contributed by atoms with E-state index in [2.05, 4.69) is 0 Å². The Morgan fingerprint density at radius 1 is 0.889 bits per heavy atom. The number of amides is 1. The largest absolute Gasteiger partial charge is 0.467 e. The van der Waals surface area contributed by atoms with E-state index in [4.69, 9.17) is 9.47 Å². The van der Waals surface area contributed by atoms with Gasteiger partial charge in [0.25, 0.3) is 0 Å². The Balaban J connectivity index is 2.52. The number of benzene rings is 2. The van der Waals surface area contributed by atoms with Crippen molar-refractivity contribution in [2.24, 2.45) is 0 Å². The maximum absolute atomic E-state index is 12.7. The van der Waals surface area contributed by atoms with Crippen LogP contribution in [0.5, 0.6) is 0 Å². The lowest BCUT2D eigenvalue weighted by molar-refractivity contribution is -0.146. The average molecular weight is 369 g/mol. The van der Waals surface area contributed by atoms with Crippen molar-refractivity contribution in [1.29, 1.82) is 0 Å². The van der Waals surface area contributed by atoms with Gasteiger partial charge in [0.05, 0.1) is 7.11 Å². The molecule has 0 aliphatic heterocycles. The van der Waals surface area contributed by atoms with E-state index in [0.29, 0.717) is 0 Å². The summed E-state index contributed by atoms with van der Waals surface area (Å²) in [5.41, 5.74) is 1.16. The first-order valence-corrected chi connectivity index (χ1v) is 8.88. The molecular formula is C22H27NO4. The molecule has 5 nitrogen and oxygen atoms in total. The van der Waals surface area contributed by atoms with Gasteiger partial charge in [0.2, 0.25) is 0 Å². The normalized spacial score (nSPS) is 12.4. The van der Waals surface area contributed by atoms with E-state index in [1.165, 1.54) is 12.0 Å². The molecule has 0 spiro atoms. The van der Waals surface area contributed by atoms with Crippen molar-refractivity contribution in [3.8, 4) is 0 Å². The van der Waals surface area contributed by atoms with Crippen molar-refractivity contribution in [1.82, 2.24) is 4.90 Å². The van der Waals surface area contributed by atoms with Gasteiger partial charge in [-0.2, -0.15) is 0 Å². The number of carbonyl (C=O) groups excluding carboxylic acids is 2. The van der Waals surface area contributed by atoms with E-state index >= 15 is 0 Å². The predicted molar refractivity (Wildman–Crippen MR) is 105 cm³/mol. The highest BCUT2D eigenvalue weighted by molar-refractivity contribution is 5.83. The molecule has 0 aromatic heterocycles. The number of carbonyl (C=O) groups is 2. The lowest BCUT2D eigenvalue weighted by atomic mass is 9.84. The van der Waals surface area contributed by atoms with Crippen LogP contribution < -0.4 is 0 Å². The SMILES string of the molecule is COC(=O)C(C(c1ccccc1)c1ccccc1)N(C)C(=O)OC(C)(C)C. The first-order valence-electron chi connectivity index (χ1n) is 8.88. The lowest BCUT2D eigenvalue weighted by Crippen LogP contribution is -2.48. The summed E-state index contributed by atoms with van der Waals surface area (Å²) in [7, 11) is 2.89. The van der Waals surface area contributed by atoms with Gasteiger partial charge < -0.3 is 9.47 Å². The molecule has 1 unspecified atom stereocenters. The number of methoxy groups -OCH3 is 1. The molecule has 1 amide bonds.